The Labute approximate surface area is 169 Å². The van der Waals surface area contributed by atoms with Crippen LogP contribution in [-0.2, 0) is 16.0 Å². The normalized spacial score (nSPS) is 14.6. The molecule has 0 spiro atoms. The third kappa shape index (κ3) is 5.64. The van der Waals surface area contributed by atoms with E-state index in [0.717, 1.165) is 21.5 Å². The highest BCUT2D eigenvalue weighted by Gasteiger charge is 2.21. The Hall–Kier alpha value is -1.70. The Morgan fingerprint density at radius 2 is 2.00 bits per heavy atom. The van der Waals surface area contributed by atoms with Gasteiger partial charge in [0, 0.05) is 55.1 Å². The van der Waals surface area contributed by atoms with Gasteiger partial charge in [0.2, 0.25) is 11.0 Å². The zero-order chi connectivity index (χ0) is 19.2. The highest BCUT2D eigenvalue weighted by atomic mass is 35.5. The first-order chi connectivity index (χ1) is 13.0. The molecular weight excluding hydrogens is 384 g/mol. The molecule has 1 aliphatic heterocycles. The average Bonchev–Trinajstić information content (AvgIpc) is 3.12. The SMILES string of the molecule is CC(C)N(CCC(=O)N1CCOCC1)c1nc(Cc2ccc(Cl)cc2)ns1. The molecule has 1 aromatic heterocycles. The number of carbonyl (C=O) groups excluding carboxylic acids is 1. The topological polar surface area (TPSA) is 58.6 Å². The van der Waals surface area contributed by atoms with Crippen molar-refractivity contribution in [3.05, 3.63) is 40.7 Å². The number of halogens is 1. The number of morpholine rings is 1. The van der Waals surface area contributed by atoms with Crippen LogP contribution >= 0.6 is 23.1 Å². The molecule has 3 rings (SSSR count). The lowest BCUT2D eigenvalue weighted by Crippen LogP contribution is -2.42. The Bertz CT molecular complexity index is 744. The highest BCUT2D eigenvalue weighted by molar-refractivity contribution is 7.09. The minimum atomic E-state index is 0.176. The molecule has 1 aromatic carbocycles. The lowest BCUT2D eigenvalue weighted by Gasteiger charge is -2.29. The van der Waals surface area contributed by atoms with Gasteiger partial charge in [-0.05, 0) is 31.5 Å². The number of nitrogens with zero attached hydrogens (tertiary/aromatic N) is 4. The van der Waals surface area contributed by atoms with Crippen LogP contribution in [-0.4, -0.2) is 59.1 Å². The van der Waals surface area contributed by atoms with E-state index in [4.69, 9.17) is 21.3 Å². The van der Waals surface area contributed by atoms with E-state index in [-0.39, 0.29) is 11.9 Å². The summed E-state index contributed by atoms with van der Waals surface area (Å²) < 4.78 is 9.81. The minimum Gasteiger partial charge on any atom is -0.378 e. The monoisotopic (exact) mass is 408 g/mol. The van der Waals surface area contributed by atoms with Crippen LogP contribution in [0.2, 0.25) is 5.02 Å². The molecule has 2 aromatic rings. The van der Waals surface area contributed by atoms with Crippen LogP contribution in [0.5, 0.6) is 0 Å². The molecule has 1 amide bonds. The number of amides is 1. The fourth-order valence-corrected chi connectivity index (χ4v) is 3.95. The number of anilines is 1. The number of carbonyl (C=O) groups is 1. The number of hydrogen-bond donors (Lipinski definition) is 0. The smallest absolute Gasteiger partial charge is 0.224 e. The third-order valence-corrected chi connectivity index (χ3v) is 5.58. The molecule has 0 bridgehead atoms. The molecule has 1 aliphatic rings. The lowest BCUT2D eigenvalue weighted by atomic mass is 10.1. The van der Waals surface area contributed by atoms with Crippen LogP contribution in [0.1, 0.15) is 31.7 Å². The van der Waals surface area contributed by atoms with Crippen molar-refractivity contribution in [2.45, 2.75) is 32.7 Å². The Morgan fingerprint density at radius 1 is 1.30 bits per heavy atom. The maximum Gasteiger partial charge on any atom is 0.224 e. The second-order valence-electron chi connectivity index (χ2n) is 6.83. The number of aromatic nitrogens is 2. The molecule has 1 saturated heterocycles. The van der Waals surface area contributed by atoms with E-state index in [0.29, 0.717) is 45.7 Å². The third-order valence-electron chi connectivity index (χ3n) is 4.53. The van der Waals surface area contributed by atoms with Crippen LogP contribution in [0, 0.1) is 0 Å². The zero-order valence-electron chi connectivity index (χ0n) is 15.7. The molecule has 8 heteroatoms. The van der Waals surface area contributed by atoms with Crippen LogP contribution in [0.4, 0.5) is 5.13 Å². The molecule has 2 heterocycles. The standard InChI is InChI=1S/C19H25ClN4O2S/c1-14(2)24(8-7-18(25)23-9-11-26-12-10-23)19-21-17(22-27-19)13-15-3-5-16(20)6-4-15/h3-6,14H,7-13H2,1-2H3. The lowest BCUT2D eigenvalue weighted by molar-refractivity contribution is -0.135. The van der Waals surface area contributed by atoms with Gasteiger partial charge in [0.1, 0.15) is 5.82 Å². The predicted octanol–water partition coefficient (Wildman–Crippen LogP) is 3.25. The molecule has 0 unspecified atom stereocenters. The number of rotatable bonds is 7. The second kappa shape index (κ2) is 9.48. The maximum atomic E-state index is 12.4. The van der Waals surface area contributed by atoms with Gasteiger partial charge in [0.25, 0.3) is 0 Å². The van der Waals surface area contributed by atoms with Gasteiger partial charge in [-0.2, -0.15) is 4.37 Å². The fraction of sp³-hybridized carbons (Fsp3) is 0.526. The number of ether oxygens (including phenoxy) is 1. The van der Waals surface area contributed by atoms with E-state index in [2.05, 4.69) is 23.1 Å². The van der Waals surface area contributed by atoms with Crippen molar-refractivity contribution in [3.63, 3.8) is 0 Å². The largest absolute Gasteiger partial charge is 0.378 e. The Balaban J connectivity index is 1.60. The maximum absolute atomic E-state index is 12.4. The van der Waals surface area contributed by atoms with E-state index in [9.17, 15) is 4.79 Å². The van der Waals surface area contributed by atoms with Crippen LogP contribution < -0.4 is 4.90 Å². The van der Waals surface area contributed by atoms with Gasteiger partial charge in [0.05, 0.1) is 13.2 Å². The summed E-state index contributed by atoms with van der Waals surface area (Å²) in [7, 11) is 0. The van der Waals surface area contributed by atoms with Gasteiger partial charge in [-0.25, -0.2) is 4.98 Å². The summed E-state index contributed by atoms with van der Waals surface area (Å²) in [6.07, 6.45) is 1.15. The van der Waals surface area contributed by atoms with Crippen LogP contribution in [0.25, 0.3) is 0 Å². The Morgan fingerprint density at radius 3 is 2.67 bits per heavy atom. The summed E-state index contributed by atoms with van der Waals surface area (Å²) in [5, 5.41) is 1.59. The molecule has 0 atom stereocenters. The minimum absolute atomic E-state index is 0.176. The molecule has 0 aliphatic carbocycles. The molecule has 0 N–H and O–H groups in total. The van der Waals surface area contributed by atoms with Crippen molar-refractivity contribution in [2.75, 3.05) is 37.7 Å². The first kappa shape index (κ1) is 20.0. The van der Waals surface area contributed by atoms with Crippen molar-refractivity contribution in [3.8, 4) is 0 Å². The van der Waals surface area contributed by atoms with E-state index in [1.165, 1.54) is 11.5 Å². The number of hydrogen-bond acceptors (Lipinski definition) is 6. The molecular formula is C19H25ClN4O2S. The summed E-state index contributed by atoms with van der Waals surface area (Å²) in [6.45, 7) is 7.49. The average molecular weight is 409 g/mol. The zero-order valence-corrected chi connectivity index (χ0v) is 17.3. The fourth-order valence-electron chi connectivity index (χ4n) is 2.98. The van der Waals surface area contributed by atoms with Gasteiger partial charge in [-0.1, -0.05) is 23.7 Å². The summed E-state index contributed by atoms with van der Waals surface area (Å²) in [6, 6.07) is 7.98. The van der Waals surface area contributed by atoms with Crippen molar-refractivity contribution in [1.82, 2.24) is 14.3 Å². The van der Waals surface area contributed by atoms with Crippen LogP contribution in [0.15, 0.2) is 24.3 Å². The second-order valence-corrected chi connectivity index (χ2v) is 7.99. The van der Waals surface area contributed by atoms with Crippen molar-refractivity contribution in [1.29, 1.82) is 0 Å². The van der Waals surface area contributed by atoms with Gasteiger partial charge in [-0.3, -0.25) is 4.79 Å². The molecule has 0 radical (unpaired) electrons. The molecule has 27 heavy (non-hydrogen) atoms. The van der Waals surface area contributed by atoms with Gasteiger partial charge < -0.3 is 14.5 Å². The van der Waals surface area contributed by atoms with E-state index in [1.807, 2.05) is 29.2 Å². The molecule has 1 fully saturated rings. The molecule has 6 nitrogen and oxygen atoms in total. The van der Waals surface area contributed by atoms with E-state index in [1.54, 1.807) is 0 Å². The van der Waals surface area contributed by atoms with Crippen molar-refractivity contribution >= 4 is 34.2 Å². The summed E-state index contributed by atoms with van der Waals surface area (Å²) in [5.74, 6) is 0.970. The molecule has 0 saturated carbocycles. The van der Waals surface area contributed by atoms with Gasteiger partial charge in [-0.15, -0.1) is 0 Å². The first-order valence-electron chi connectivity index (χ1n) is 9.22. The summed E-state index contributed by atoms with van der Waals surface area (Å²) in [4.78, 5) is 21.2. The van der Waals surface area contributed by atoms with E-state index >= 15 is 0 Å². The van der Waals surface area contributed by atoms with Gasteiger partial charge >= 0.3 is 0 Å². The predicted molar refractivity (Wildman–Crippen MR) is 109 cm³/mol. The van der Waals surface area contributed by atoms with Crippen molar-refractivity contribution in [2.24, 2.45) is 0 Å². The summed E-state index contributed by atoms with van der Waals surface area (Å²) in [5.41, 5.74) is 1.13. The first-order valence-corrected chi connectivity index (χ1v) is 10.4. The van der Waals surface area contributed by atoms with Gasteiger partial charge in [0.15, 0.2) is 0 Å². The number of benzene rings is 1. The Kier molecular flexibility index (Phi) is 7.04. The molecule has 146 valence electrons. The van der Waals surface area contributed by atoms with E-state index < -0.39 is 0 Å². The highest BCUT2D eigenvalue weighted by Crippen LogP contribution is 2.22. The quantitative estimate of drug-likeness (QED) is 0.703. The summed E-state index contributed by atoms with van der Waals surface area (Å²) >= 11 is 7.33. The van der Waals surface area contributed by atoms with Crippen molar-refractivity contribution < 1.29 is 9.53 Å². The van der Waals surface area contributed by atoms with Crippen LogP contribution in [0.3, 0.4) is 0 Å².